The molecule has 2 aliphatic rings. The standard InChI is InChI=1S/C25H15FO5/c26-18-7-5-16(6-8-18)25(28)30-19-9-10-20-22(13-19)31-23(24(20)27)12-15-11-17-3-1-2-4-21(17)29-14-15/h1-13H,14H2. The lowest BCUT2D eigenvalue weighted by atomic mass is 10.1. The molecule has 0 N–H and O–H groups in total. The van der Waals surface area contributed by atoms with Crippen LogP contribution in [-0.4, -0.2) is 18.4 Å². The number of benzene rings is 3. The maximum Gasteiger partial charge on any atom is 0.343 e. The summed E-state index contributed by atoms with van der Waals surface area (Å²) >= 11 is 0. The Hall–Kier alpha value is -4.19. The van der Waals surface area contributed by atoms with Crippen LogP contribution in [0.25, 0.3) is 6.08 Å². The van der Waals surface area contributed by atoms with Crippen LogP contribution in [0.2, 0.25) is 0 Å². The lowest BCUT2D eigenvalue weighted by Crippen LogP contribution is -2.08. The Kier molecular flexibility index (Phi) is 4.59. The van der Waals surface area contributed by atoms with Gasteiger partial charge in [-0.3, -0.25) is 4.79 Å². The van der Waals surface area contributed by atoms with Gasteiger partial charge in [-0.2, -0.15) is 0 Å². The summed E-state index contributed by atoms with van der Waals surface area (Å²) in [5.74, 6) is 0.150. The number of esters is 1. The van der Waals surface area contributed by atoms with Crippen LogP contribution in [0.15, 0.2) is 84.1 Å². The van der Waals surface area contributed by atoms with Crippen LogP contribution >= 0.6 is 0 Å². The van der Waals surface area contributed by atoms with Crippen molar-refractivity contribution in [3.63, 3.8) is 0 Å². The minimum Gasteiger partial charge on any atom is -0.488 e. The van der Waals surface area contributed by atoms with E-state index in [-0.39, 0.29) is 22.9 Å². The van der Waals surface area contributed by atoms with Gasteiger partial charge in [0.25, 0.3) is 0 Å². The van der Waals surface area contributed by atoms with E-state index in [1.54, 1.807) is 12.1 Å². The molecule has 0 atom stereocenters. The number of Topliss-reactive ketones (excluding diaryl/α,β-unsaturated/α-hetero) is 1. The molecule has 0 saturated carbocycles. The second kappa shape index (κ2) is 7.57. The molecular weight excluding hydrogens is 399 g/mol. The van der Waals surface area contributed by atoms with Gasteiger partial charge in [-0.25, -0.2) is 9.18 Å². The van der Waals surface area contributed by atoms with Gasteiger partial charge in [0.2, 0.25) is 5.78 Å². The minimum atomic E-state index is -0.636. The van der Waals surface area contributed by atoms with Gasteiger partial charge in [0.15, 0.2) is 5.76 Å². The zero-order chi connectivity index (χ0) is 21.4. The fourth-order valence-corrected chi connectivity index (χ4v) is 3.37. The summed E-state index contributed by atoms with van der Waals surface area (Å²) in [6, 6.07) is 17.2. The van der Waals surface area contributed by atoms with Crippen molar-refractivity contribution >= 4 is 17.8 Å². The van der Waals surface area contributed by atoms with E-state index in [9.17, 15) is 14.0 Å². The van der Waals surface area contributed by atoms with Crippen LogP contribution in [0.3, 0.4) is 0 Å². The first-order chi connectivity index (χ1) is 15.1. The Balaban J connectivity index is 1.35. The molecule has 3 aromatic carbocycles. The molecule has 0 radical (unpaired) electrons. The minimum absolute atomic E-state index is 0.172. The Bertz CT molecular complexity index is 1270. The van der Waals surface area contributed by atoms with E-state index in [2.05, 4.69) is 0 Å². The largest absolute Gasteiger partial charge is 0.488 e. The number of carbonyl (C=O) groups is 2. The smallest absolute Gasteiger partial charge is 0.343 e. The van der Waals surface area contributed by atoms with Crippen molar-refractivity contribution in [3.8, 4) is 17.2 Å². The molecule has 0 saturated heterocycles. The third kappa shape index (κ3) is 3.71. The number of ether oxygens (including phenoxy) is 3. The van der Waals surface area contributed by atoms with Gasteiger partial charge < -0.3 is 14.2 Å². The maximum absolute atomic E-state index is 13.0. The summed E-state index contributed by atoms with van der Waals surface area (Å²) in [4.78, 5) is 24.9. The molecule has 6 heteroatoms. The quantitative estimate of drug-likeness (QED) is 0.344. The summed E-state index contributed by atoms with van der Waals surface area (Å²) in [6.07, 6.45) is 3.60. The van der Waals surface area contributed by atoms with Gasteiger partial charge >= 0.3 is 5.97 Å². The lowest BCUT2D eigenvalue weighted by Gasteiger charge is -2.15. The Labute approximate surface area is 177 Å². The summed E-state index contributed by atoms with van der Waals surface area (Å²) in [5, 5.41) is 0. The van der Waals surface area contributed by atoms with Gasteiger partial charge in [0, 0.05) is 11.6 Å². The fraction of sp³-hybridized carbons (Fsp3) is 0.0400. The van der Waals surface area contributed by atoms with Crippen LogP contribution in [0.4, 0.5) is 4.39 Å². The van der Waals surface area contributed by atoms with Crippen molar-refractivity contribution in [3.05, 3.63) is 107 Å². The molecule has 0 fully saturated rings. The summed E-state index contributed by atoms with van der Waals surface area (Å²) in [7, 11) is 0. The zero-order valence-electron chi connectivity index (χ0n) is 16.1. The Morgan fingerprint density at radius 3 is 2.65 bits per heavy atom. The molecule has 152 valence electrons. The number of fused-ring (bicyclic) bond motifs is 2. The lowest BCUT2D eigenvalue weighted by molar-refractivity contribution is 0.0734. The number of ketones is 1. The van der Waals surface area contributed by atoms with Crippen LogP contribution in [0.1, 0.15) is 26.3 Å². The van der Waals surface area contributed by atoms with Gasteiger partial charge in [-0.1, -0.05) is 18.2 Å². The average Bonchev–Trinajstić information content (AvgIpc) is 3.08. The first-order valence-corrected chi connectivity index (χ1v) is 9.55. The molecule has 2 aliphatic heterocycles. The summed E-state index contributed by atoms with van der Waals surface area (Å²) in [5.41, 5.74) is 2.32. The molecule has 0 aromatic heterocycles. The normalized spacial score (nSPS) is 15.5. The highest BCUT2D eigenvalue weighted by Gasteiger charge is 2.28. The predicted molar refractivity (Wildman–Crippen MR) is 111 cm³/mol. The number of hydrogen-bond acceptors (Lipinski definition) is 5. The summed E-state index contributed by atoms with van der Waals surface area (Å²) in [6.45, 7) is 0.327. The van der Waals surface area contributed by atoms with Crippen molar-refractivity contribution < 1.29 is 28.2 Å². The van der Waals surface area contributed by atoms with Crippen LogP contribution < -0.4 is 14.2 Å². The van der Waals surface area contributed by atoms with Crippen LogP contribution in [0, 0.1) is 5.82 Å². The first-order valence-electron chi connectivity index (χ1n) is 9.55. The van der Waals surface area contributed by atoms with Crippen molar-refractivity contribution in [2.75, 3.05) is 6.61 Å². The van der Waals surface area contributed by atoms with Gasteiger partial charge in [0.1, 0.15) is 29.7 Å². The molecule has 5 rings (SSSR count). The molecule has 0 aliphatic carbocycles. The predicted octanol–water partition coefficient (Wildman–Crippen LogP) is 4.98. The number of para-hydroxylation sites is 1. The number of rotatable bonds is 3. The molecular formula is C25H15FO5. The number of allylic oxidation sites excluding steroid dienone is 1. The molecule has 2 heterocycles. The molecule has 0 amide bonds. The van der Waals surface area contributed by atoms with E-state index in [1.165, 1.54) is 36.4 Å². The Morgan fingerprint density at radius 1 is 1.00 bits per heavy atom. The summed E-state index contributed by atoms with van der Waals surface area (Å²) < 4.78 is 29.8. The van der Waals surface area contributed by atoms with Gasteiger partial charge in [-0.05, 0) is 60.2 Å². The van der Waals surface area contributed by atoms with Crippen molar-refractivity contribution in [2.24, 2.45) is 0 Å². The highest BCUT2D eigenvalue weighted by Crippen LogP contribution is 2.35. The van der Waals surface area contributed by atoms with E-state index in [4.69, 9.17) is 14.2 Å². The average molecular weight is 414 g/mol. The SMILES string of the molecule is O=C(Oc1ccc2c(c1)OC(=CC1=Cc3ccccc3OC1)C2=O)c1ccc(F)cc1. The zero-order valence-corrected chi connectivity index (χ0v) is 16.1. The van der Waals surface area contributed by atoms with Crippen molar-refractivity contribution in [1.82, 2.24) is 0 Å². The Morgan fingerprint density at radius 2 is 1.81 bits per heavy atom. The molecule has 0 spiro atoms. The van der Waals surface area contributed by atoms with Crippen molar-refractivity contribution in [1.29, 1.82) is 0 Å². The fourth-order valence-electron chi connectivity index (χ4n) is 3.37. The third-order valence-corrected chi connectivity index (χ3v) is 4.90. The molecule has 0 unspecified atom stereocenters. The number of carbonyl (C=O) groups excluding carboxylic acids is 2. The van der Waals surface area contributed by atoms with Gasteiger partial charge in [0.05, 0.1) is 11.1 Å². The topological polar surface area (TPSA) is 61.8 Å². The van der Waals surface area contributed by atoms with Crippen molar-refractivity contribution in [2.45, 2.75) is 0 Å². The van der Waals surface area contributed by atoms with E-state index >= 15 is 0 Å². The molecule has 3 aromatic rings. The second-order valence-electron chi connectivity index (χ2n) is 7.04. The monoisotopic (exact) mass is 414 g/mol. The first kappa shape index (κ1) is 18.8. The van der Waals surface area contributed by atoms with E-state index in [0.29, 0.717) is 17.9 Å². The second-order valence-corrected chi connectivity index (χ2v) is 7.04. The highest BCUT2D eigenvalue weighted by molar-refractivity contribution is 6.12. The third-order valence-electron chi connectivity index (χ3n) is 4.90. The van der Waals surface area contributed by atoms with Crippen LogP contribution in [0.5, 0.6) is 17.2 Å². The van der Waals surface area contributed by atoms with E-state index in [0.717, 1.165) is 16.9 Å². The van der Waals surface area contributed by atoms with E-state index in [1.807, 2.05) is 30.3 Å². The molecule has 31 heavy (non-hydrogen) atoms. The van der Waals surface area contributed by atoms with Crippen LogP contribution in [-0.2, 0) is 0 Å². The van der Waals surface area contributed by atoms with E-state index < -0.39 is 11.8 Å². The maximum atomic E-state index is 13.0. The number of hydrogen-bond donors (Lipinski definition) is 0. The number of halogens is 1. The molecule has 5 nitrogen and oxygen atoms in total. The molecule has 0 bridgehead atoms. The van der Waals surface area contributed by atoms with Gasteiger partial charge in [-0.15, -0.1) is 0 Å². The highest BCUT2D eigenvalue weighted by atomic mass is 19.1.